The van der Waals surface area contributed by atoms with Crippen molar-refractivity contribution in [2.75, 3.05) is 13.1 Å². The third kappa shape index (κ3) is 2.82. The van der Waals surface area contributed by atoms with Gasteiger partial charge in [0.1, 0.15) is 0 Å². The van der Waals surface area contributed by atoms with Crippen molar-refractivity contribution in [2.24, 2.45) is 5.92 Å². The van der Waals surface area contributed by atoms with Crippen molar-refractivity contribution in [2.45, 2.75) is 44.8 Å². The van der Waals surface area contributed by atoms with E-state index >= 15 is 0 Å². The molecule has 0 aliphatic carbocycles. The van der Waals surface area contributed by atoms with Gasteiger partial charge >= 0.3 is 0 Å². The maximum atomic E-state index is 4.24. The zero-order chi connectivity index (χ0) is 13.9. The quantitative estimate of drug-likeness (QED) is 0.845. The highest BCUT2D eigenvalue weighted by Crippen LogP contribution is 2.34. The van der Waals surface area contributed by atoms with Crippen LogP contribution in [0.25, 0.3) is 0 Å². The molecule has 0 unspecified atom stereocenters. The molecule has 0 amide bonds. The average Bonchev–Trinajstić information content (AvgIpc) is 2.94. The van der Waals surface area contributed by atoms with Crippen LogP contribution in [0.15, 0.2) is 42.5 Å². The molecule has 0 bridgehead atoms. The van der Waals surface area contributed by atoms with Crippen molar-refractivity contribution < 1.29 is 0 Å². The minimum Gasteiger partial charge on any atom is -0.308 e. The van der Waals surface area contributed by atoms with Gasteiger partial charge in [-0.1, -0.05) is 42.5 Å². The Kier molecular flexibility index (Phi) is 4.23. The van der Waals surface area contributed by atoms with Crippen molar-refractivity contribution in [1.82, 2.24) is 10.2 Å². The maximum absolute atomic E-state index is 4.24. The molecule has 3 rings (SSSR count). The topological polar surface area (TPSA) is 15.3 Å². The van der Waals surface area contributed by atoms with E-state index in [1.165, 1.54) is 43.5 Å². The Balaban J connectivity index is 1.70. The van der Waals surface area contributed by atoms with E-state index in [-0.39, 0.29) is 0 Å². The van der Waals surface area contributed by atoms with E-state index in [9.17, 15) is 0 Å². The molecule has 2 aliphatic heterocycles. The van der Waals surface area contributed by atoms with E-state index in [2.05, 4.69) is 54.1 Å². The van der Waals surface area contributed by atoms with Crippen LogP contribution in [0.5, 0.6) is 0 Å². The fourth-order valence-electron chi connectivity index (χ4n) is 3.95. The first-order valence-corrected chi connectivity index (χ1v) is 7.92. The molecule has 2 aliphatic rings. The number of fused-ring (bicyclic) bond motifs is 1. The summed E-state index contributed by atoms with van der Waals surface area (Å²) >= 11 is 0. The molecule has 2 saturated heterocycles. The molecule has 2 heterocycles. The van der Waals surface area contributed by atoms with Gasteiger partial charge in [0.2, 0.25) is 0 Å². The molecule has 0 saturated carbocycles. The van der Waals surface area contributed by atoms with Gasteiger partial charge in [0.05, 0.1) is 0 Å². The Bertz CT molecular complexity index is 454. The zero-order valence-electron chi connectivity index (χ0n) is 12.5. The van der Waals surface area contributed by atoms with Crippen molar-refractivity contribution in [3.05, 3.63) is 48.0 Å². The van der Waals surface area contributed by atoms with Gasteiger partial charge in [-0.05, 0) is 50.8 Å². The number of piperidine rings is 1. The molecule has 2 nitrogen and oxygen atoms in total. The molecule has 3 atom stereocenters. The Morgan fingerprint density at radius 1 is 1.25 bits per heavy atom. The van der Waals surface area contributed by atoms with Crippen LogP contribution in [0.1, 0.15) is 31.7 Å². The normalized spacial score (nSPS) is 30.1. The Labute approximate surface area is 122 Å². The zero-order valence-corrected chi connectivity index (χ0v) is 12.5. The monoisotopic (exact) mass is 270 g/mol. The van der Waals surface area contributed by atoms with Gasteiger partial charge < -0.3 is 5.32 Å². The summed E-state index contributed by atoms with van der Waals surface area (Å²) in [5.41, 5.74) is 2.73. The Morgan fingerprint density at radius 2 is 2.05 bits per heavy atom. The van der Waals surface area contributed by atoms with Crippen LogP contribution in [0.2, 0.25) is 0 Å². The minimum atomic E-state index is 0.573. The number of nitrogens with one attached hydrogen (secondary N) is 1. The molecule has 2 heteroatoms. The van der Waals surface area contributed by atoms with Gasteiger partial charge in [-0.15, -0.1) is 0 Å². The summed E-state index contributed by atoms with van der Waals surface area (Å²) in [5.74, 6) is 0.637. The minimum absolute atomic E-state index is 0.573. The highest BCUT2D eigenvalue weighted by atomic mass is 15.2. The molecule has 2 fully saturated rings. The summed E-state index contributed by atoms with van der Waals surface area (Å²) in [7, 11) is 0. The predicted octanol–water partition coefficient (Wildman–Crippen LogP) is 3.21. The van der Waals surface area contributed by atoms with E-state index in [4.69, 9.17) is 0 Å². The number of hydrogen-bond donors (Lipinski definition) is 1. The second kappa shape index (κ2) is 6.11. The standard InChI is InChI=1S/C18H26N2/c1-14(2)16-10-12-20-11-6-9-17(20)18(16)19-13-15-7-4-3-5-8-15/h3-5,7-8,16-19H,1,6,9-13H2,2H3/t16-,17-,18-/m0/s1. The van der Waals surface area contributed by atoms with E-state index in [0.717, 1.165) is 6.54 Å². The lowest BCUT2D eigenvalue weighted by Crippen LogP contribution is -2.55. The van der Waals surface area contributed by atoms with E-state index < -0.39 is 0 Å². The first kappa shape index (κ1) is 13.8. The Hall–Kier alpha value is -1.12. The molecular formula is C18H26N2. The molecule has 0 radical (unpaired) electrons. The highest BCUT2D eigenvalue weighted by Gasteiger charge is 2.40. The van der Waals surface area contributed by atoms with Crippen molar-refractivity contribution in [1.29, 1.82) is 0 Å². The van der Waals surface area contributed by atoms with E-state index in [1.54, 1.807) is 0 Å². The second-order valence-corrected chi connectivity index (χ2v) is 6.38. The summed E-state index contributed by atoms with van der Waals surface area (Å²) < 4.78 is 0. The van der Waals surface area contributed by atoms with Crippen LogP contribution in [0.3, 0.4) is 0 Å². The summed E-state index contributed by atoms with van der Waals surface area (Å²) in [6.45, 7) is 9.96. The smallest absolute Gasteiger partial charge is 0.0292 e. The summed E-state index contributed by atoms with van der Waals surface area (Å²) in [6, 6.07) is 12.0. The largest absolute Gasteiger partial charge is 0.308 e. The molecule has 108 valence electrons. The van der Waals surface area contributed by atoms with E-state index in [1.807, 2.05) is 0 Å². The van der Waals surface area contributed by atoms with Crippen LogP contribution in [0, 0.1) is 5.92 Å². The van der Waals surface area contributed by atoms with Gasteiger partial charge in [0.15, 0.2) is 0 Å². The van der Waals surface area contributed by atoms with Crippen LogP contribution in [0.4, 0.5) is 0 Å². The SMILES string of the molecule is C=C(C)[C@@H]1CCN2CCC[C@H]2[C@H]1NCc1ccccc1. The van der Waals surface area contributed by atoms with Crippen LogP contribution < -0.4 is 5.32 Å². The van der Waals surface area contributed by atoms with Crippen LogP contribution >= 0.6 is 0 Å². The first-order chi connectivity index (χ1) is 9.75. The predicted molar refractivity (Wildman–Crippen MR) is 84.6 cm³/mol. The van der Waals surface area contributed by atoms with E-state index in [0.29, 0.717) is 18.0 Å². The third-order valence-corrected chi connectivity index (χ3v) is 5.01. The number of nitrogens with zero attached hydrogens (tertiary/aromatic N) is 1. The van der Waals surface area contributed by atoms with Crippen molar-refractivity contribution in [3.8, 4) is 0 Å². The third-order valence-electron chi connectivity index (χ3n) is 5.01. The van der Waals surface area contributed by atoms with Gasteiger partial charge in [-0.2, -0.15) is 0 Å². The molecule has 0 spiro atoms. The molecule has 1 N–H and O–H groups in total. The van der Waals surface area contributed by atoms with Gasteiger partial charge in [0.25, 0.3) is 0 Å². The number of benzene rings is 1. The summed E-state index contributed by atoms with van der Waals surface area (Å²) in [6.07, 6.45) is 3.96. The lowest BCUT2D eigenvalue weighted by molar-refractivity contribution is 0.118. The number of hydrogen-bond acceptors (Lipinski definition) is 2. The lowest BCUT2D eigenvalue weighted by atomic mass is 9.81. The average molecular weight is 270 g/mol. The highest BCUT2D eigenvalue weighted by molar-refractivity contribution is 5.16. The lowest BCUT2D eigenvalue weighted by Gasteiger charge is -2.43. The van der Waals surface area contributed by atoms with Crippen LogP contribution in [-0.4, -0.2) is 30.1 Å². The second-order valence-electron chi connectivity index (χ2n) is 6.38. The number of rotatable bonds is 4. The molecule has 1 aromatic rings. The molecule has 20 heavy (non-hydrogen) atoms. The molecule has 0 aromatic heterocycles. The van der Waals surface area contributed by atoms with Gasteiger partial charge in [-0.3, -0.25) is 4.90 Å². The maximum Gasteiger partial charge on any atom is 0.0292 e. The first-order valence-electron chi connectivity index (χ1n) is 7.92. The molecule has 1 aromatic carbocycles. The summed E-state index contributed by atoms with van der Waals surface area (Å²) in [4.78, 5) is 2.68. The van der Waals surface area contributed by atoms with Gasteiger partial charge in [-0.25, -0.2) is 0 Å². The summed E-state index contributed by atoms with van der Waals surface area (Å²) in [5, 5.41) is 3.84. The van der Waals surface area contributed by atoms with Crippen molar-refractivity contribution >= 4 is 0 Å². The fraction of sp³-hybridized carbons (Fsp3) is 0.556. The van der Waals surface area contributed by atoms with Crippen LogP contribution in [-0.2, 0) is 6.54 Å². The van der Waals surface area contributed by atoms with Gasteiger partial charge in [0, 0.05) is 18.6 Å². The Morgan fingerprint density at radius 3 is 2.80 bits per heavy atom. The molecular weight excluding hydrogens is 244 g/mol. The fourth-order valence-corrected chi connectivity index (χ4v) is 3.95. The van der Waals surface area contributed by atoms with Crippen molar-refractivity contribution in [3.63, 3.8) is 0 Å².